The summed E-state index contributed by atoms with van der Waals surface area (Å²) >= 11 is 0. The molecule has 1 N–H and O–H groups in total. The van der Waals surface area contributed by atoms with Gasteiger partial charge in [-0.1, -0.05) is 18.2 Å². The van der Waals surface area contributed by atoms with Gasteiger partial charge in [-0.15, -0.1) is 0 Å². The van der Waals surface area contributed by atoms with E-state index in [1.54, 1.807) is 42.5 Å². The van der Waals surface area contributed by atoms with E-state index in [9.17, 15) is 8.42 Å². The highest BCUT2D eigenvalue weighted by atomic mass is 32.2. The Hall–Kier alpha value is -2.01. The number of sulfone groups is 1. The predicted molar refractivity (Wildman–Crippen MR) is 70.7 cm³/mol. The molecule has 0 atom stereocenters. The fourth-order valence-corrected chi connectivity index (χ4v) is 2.25. The topological polar surface area (TPSA) is 70.9 Å². The number of rotatable bonds is 3. The molecule has 1 heterocycles. The molecule has 1 aromatic heterocycles. The third-order valence-electron chi connectivity index (χ3n) is 2.48. The van der Waals surface area contributed by atoms with Crippen LogP contribution in [0.3, 0.4) is 0 Å². The van der Waals surface area contributed by atoms with Crippen molar-refractivity contribution in [2.45, 2.75) is 4.90 Å². The Morgan fingerprint density at radius 1 is 1.17 bits per heavy atom. The molecule has 4 nitrogen and oxygen atoms in total. The fraction of sp³-hybridized carbons (Fsp3) is 0.0769. The van der Waals surface area contributed by atoms with Crippen molar-refractivity contribution in [2.24, 2.45) is 0 Å². The van der Waals surface area contributed by atoms with Gasteiger partial charge in [0.15, 0.2) is 9.84 Å². The molecular formula is C13H12N2O2S. The zero-order valence-electron chi connectivity index (χ0n) is 9.79. The highest BCUT2D eigenvalue weighted by molar-refractivity contribution is 7.90. The van der Waals surface area contributed by atoms with E-state index in [-0.39, 0.29) is 4.90 Å². The lowest BCUT2D eigenvalue weighted by Gasteiger charge is -2.04. The van der Waals surface area contributed by atoms with Gasteiger partial charge >= 0.3 is 0 Å². The van der Waals surface area contributed by atoms with E-state index < -0.39 is 9.84 Å². The summed E-state index contributed by atoms with van der Waals surface area (Å²) < 4.78 is 23.0. The monoisotopic (exact) mass is 260 g/mol. The molecule has 2 rings (SSSR count). The Morgan fingerprint density at radius 3 is 2.56 bits per heavy atom. The average Bonchev–Trinajstić information content (AvgIpc) is 2.38. The molecule has 0 aliphatic carbocycles. The first-order valence-electron chi connectivity index (χ1n) is 5.29. The Labute approximate surface area is 106 Å². The molecule has 0 radical (unpaired) electrons. The van der Waals surface area contributed by atoms with E-state index in [0.717, 1.165) is 11.8 Å². The van der Waals surface area contributed by atoms with Crippen LogP contribution in [-0.2, 0) is 9.84 Å². The lowest BCUT2D eigenvalue weighted by atomic mass is 10.1. The van der Waals surface area contributed by atoms with Crippen molar-refractivity contribution in [1.82, 2.24) is 4.98 Å². The van der Waals surface area contributed by atoms with E-state index in [1.165, 1.54) is 6.26 Å². The second kappa shape index (κ2) is 4.70. The van der Waals surface area contributed by atoms with Crippen LogP contribution in [0.2, 0.25) is 0 Å². The van der Waals surface area contributed by atoms with Crippen LogP contribution >= 0.6 is 0 Å². The van der Waals surface area contributed by atoms with Crippen molar-refractivity contribution < 1.29 is 8.42 Å². The molecule has 5 heteroatoms. The lowest BCUT2D eigenvalue weighted by Crippen LogP contribution is -1.97. The molecule has 0 aliphatic rings. The molecule has 18 heavy (non-hydrogen) atoms. The average molecular weight is 260 g/mol. The Morgan fingerprint density at radius 2 is 1.89 bits per heavy atom. The summed E-state index contributed by atoms with van der Waals surface area (Å²) in [6.45, 7) is 0. The Bertz CT molecular complexity index is 694. The summed E-state index contributed by atoms with van der Waals surface area (Å²) in [5.74, 6) is 0. The Balaban J connectivity index is 2.54. The molecule has 0 aliphatic heterocycles. The van der Waals surface area contributed by atoms with Gasteiger partial charge in [0.25, 0.3) is 0 Å². The summed E-state index contributed by atoms with van der Waals surface area (Å²) in [6.07, 6.45) is 2.33. The fourth-order valence-electron chi connectivity index (χ4n) is 1.58. The molecule has 0 unspecified atom stereocenters. The molecule has 0 spiro atoms. The van der Waals surface area contributed by atoms with Crippen LogP contribution in [0.15, 0.2) is 47.4 Å². The summed E-state index contributed by atoms with van der Waals surface area (Å²) in [5, 5.41) is 7.16. The van der Waals surface area contributed by atoms with Crippen molar-refractivity contribution in [3.8, 4) is 11.3 Å². The SMILES string of the molecule is CS(=O)(=O)c1cccc(-c2cccc(C=N)n2)c1. The predicted octanol–water partition coefficient (Wildman–Crippen LogP) is 2.15. The van der Waals surface area contributed by atoms with E-state index in [1.807, 2.05) is 0 Å². The van der Waals surface area contributed by atoms with Gasteiger partial charge in [0, 0.05) is 18.0 Å². The van der Waals surface area contributed by atoms with E-state index in [0.29, 0.717) is 11.4 Å². The number of pyridine rings is 1. The molecule has 0 fully saturated rings. The molecule has 1 aromatic carbocycles. The molecule has 0 saturated heterocycles. The van der Waals surface area contributed by atoms with E-state index in [2.05, 4.69) is 4.98 Å². The number of benzene rings is 1. The van der Waals surface area contributed by atoms with Crippen molar-refractivity contribution >= 4 is 16.1 Å². The first-order chi connectivity index (χ1) is 8.50. The molecule has 92 valence electrons. The normalized spacial score (nSPS) is 11.2. The van der Waals surface area contributed by atoms with Crippen LogP contribution in [0.1, 0.15) is 5.69 Å². The summed E-state index contributed by atoms with van der Waals surface area (Å²) in [5.41, 5.74) is 1.92. The van der Waals surface area contributed by atoms with Gasteiger partial charge in [0.05, 0.1) is 16.3 Å². The zero-order chi connectivity index (χ0) is 13.2. The van der Waals surface area contributed by atoms with Crippen LogP contribution in [0.5, 0.6) is 0 Å². The smallest absolute Gasteiger partial charge is 0.175 e. The third-order valence-corrected chi connectivity index (χ3v) is 3.59. The lowest BCUT2D eigenvalue weighted by molar-refractivity contribution is 0.602. The molecular weight excluding hydrogens is 248 g/mol. The van der Waals surface area contributed by atoms with Gasteiger partial charge in [-0.25, -0.2) is 13.4 Å². The first-order valence-corrected chi connectivity index (χ1v) is 7.18. The third kappa shape index (κ3) is 2.62. The Kier molecular flexibility index (Phi) is 3.25. The minimum Gasteiger partial charge on any atom is -0.307 e. The minimum absolute atomic E-state index is 0.266. The molecule has 0 bridgehead atoms. The van der Waals surface area contributed by atoms with Gasteiger partial charge in [0.2, 0.25) is 0 Å². The van der Waals surface area contributed by atoms with Crippen molar-refractivity contribution in [2.75, 3.05) is 6.26 Å². The number of hydrogen-bond acceptors (Lipinski definition) is 4. The standard InChI is InChI=1S/C13H12N2O2S/c1-18(16,17)12-6-2-4-10(8-12)13-7-3-5-11(9-14)15-13/h2-9,14H,1H3. The zero-order valence-corrected chi connectivity index (χ0v) is 10.6. The summed E-state index contributed by atoms with van der Waals surface area (Å²) in [7, 11) is -3.22. The van der Waals surface area contributed by atoms with Crippen molar-refractivity contribution in [3.05, 3.63) is 48.2 Å². The number of nitrogens with zero attached hydrogens (tertiary/aromatic N) is 1. The van der Waals surface area contributed by atoms with Gasteiger partial charge in [0.1, 0.15) is 0 Å². The van der Waals surface area contributed by atoms with E-state index in [4.69, 9.17) is 5.41 Å². The first kappa shape index (κ1) is 12.4. The van der Waals surface area contributed by atoms with Crippen molar-refractivity contribution in [3.63, 3.8) is 0 Å². The largest absolute Gasteiger partial charge is 0.307 e. The highest BCUT2D eigenvalue weighted by Crippen LogP contribution is 2.20. The van der Waals surface area contributed by atoms with Gasteiger partial charge in [-0.3, -0.25) is 0 Å². The van der Waals surface area contributed by atoms with Crippen molar-refractivity contribution in [1.29, 1.82) is 5.41 Å². The molecule has 0 saturated carbocycles. The summed E-state index contributed by atoms with van der Waals surface area (Å²) in [4.78, 5) is 4.51. The second-order valence-corrected chi connectivity index (χ2v) is 5.91. The van der Waals surface area contributed by atoms with Crippen LogP contribution < -0.4 is 0 Å². The number of hydrogen-bond donors (Lipinski definition) is 1. The van der Waals surface area contributed by atoms with E-state index >= 15 is 0 Å². The van der Waals surface area contributed by atoms with Crippen LogP contribution in [0, 0.1) is 5.41 Å². The van der Waals surface area contributed by atoms with Crippen LogP contribution in [0.25, 0.3) is 11.3 Å². The van der Waals surface area contributed by atoms with Gasteiger partial charge in [-0.05, 0) is 24.3 Å². The number of nitrogens with one attached hydrogen (secondary N) is 1. The summed E-state index contributed by atoms with van der Waals surface area (Å²) in [6, 6.07) is 11.9. The maximum atomic E-state index is 11.5. The highest BCUT2D eigenvalue weighted by Gasteiger charge is 2.08. The maximum Gasteiger partial charge on any atom is 0.175 e. The molecule has 2 aromatic rings. The second-order valence-electron chi connectivity index (χ2n) is 3.89. The molecule has 0 amide bonds. The minimum atomic E-state index is -3.22. The quantitative estimate of drug-likeness (QED) is 0.859. The van der Waals surface area contributed by atoms with Gasteiger partial charge in [-0.2, -0.15) is 0 Å². The maximum absolute atomic E-state index is 11.5. The number of aromatic nitrogens is 1. The van der Waals surface area contributed by atoms with Crippen LogP contribution in [-0.4, -0.2) is 25.9 Å². The van der Waals surface area contributed by atoms with Crippen LogP contribution in [0.4, 0.5) is 0 Å². The van der Waals surface area contributed by atoms with Gasteiger partial charge < -0.3 is 5.41 Å².